The molecule has 0 amide bonds. The zero-order valence-electron chi connectivity index (χ0n) is 8.78. The lowest BCUT2D eigenvalue weighted by Crippen LogP contribution is -2.47. The summed E-state index contributed by atoms with van der Waals surface area (Å²) in [5.74, 6) is 0.179. The van der Waals surface area contributed by atoms with Gasteiger partial charge < -0.3 is 5.73 Å². The van der Waals surface area contributed by atoms with Crippen molar-refractivity contribution >= 4 is 27.2 Å². The minimum absolute atomic E-state index is 0.0686. The molecule has 84 valence electrons. The van der Waals surface area contributed by atoms with E-state index in [2.05, 4.69) is 4.72 Å². The Hall–Kier alpha value is -0.200. The Morgan fingerprint density at radius 3 is 2.29 bits per heavy atom. The van der Waals surface area contributed by atoms with Gasteiger partial charge in [0, 0.05) is 0 Å². The minimum Gasteiger partial charge on any atom is -0.392 e. The molecule has 0 aromatic carbocycles. The van der Waals surface area contributed by atoms with E-state index >= 15 is 0 Å². The molecule has 3 N–H and O–H groups in total. The van der Waals surface area contributed by atoms with Gasteiger partial charge in [-0.2, -0.15) is 0 Å². The molecule has 0 aromatic heterocycles. The van der Waals surface area contributed by atoms with Gasteiger partial charge in [-0.25, -0.2) is 13.1 Å². The summed E-state index contributed by atoms with van der Waals surface area (Å²) in [4.78, 5) is 0.194. The van der Waals surface area contributed by atoms with Gasteiger partial charge in [0.1, 0.15) is 0 Å². The van der Waals surface area contributed by atoms with Crippen LogP contribution < -0.4 is 10.5 Å². The van der Waals surface area contributed by atoms with Crippen LogP contribution in [0.4, 0.5) is 0 Å². The van der Waals surface area contributed by atoms with Crippen LogP contribution >= 0.6 is 12.2 Å². The van der Waals surface area contributed by atoms with Crippen LogP contribution in [0, 0.1) is 5.92 Å². The Kier molecular flexibility index (Phi) is 5.54. The van der Waals surface area contributed by atoms with Gasteiger partial charge in [0.15, 0.2) is 0 Å². The Labute approximate surface area is 91.3 Å². The number of nitrogens with one attached hydrogen (secondary N) is 1. The second-order valence-corrected chi connectivity index (χ2v) is 5.91. The molecule has 0 saturated carbocycles. The zero-order chi connectivity index (χ0) is 11.4. The third kappa shape index (κ3) is 4.88. The maximum absolute atomic E-state index is 11.4. The van der Waals surface area contributed by atoms with Crippen molar-refractivity contribution in [3.8, 4) is 0 Å². The Morgan fingerprint density at radius 1 is 1.50 bits per heavy atom. The predicted molar refractivity (Wildman–Crippen MR) is 62.6 cm³/mol. The summed E-state index contributed by atoms with van der Waals surface area (Å²) < 4.78 is 25.3. The number of hydrogen-bond donors (Lipinski definition) is 2. The second kappa shape index (κ2) is 5.63. The maximum atomic E-state index is 11.4. The van der Waals surface area contributed by atoms with Crippen molar-refractivity contribution in [1.29, 1.82) is 0 Å². The molecule has 1 unspecified atom stereocenters. The predicted octanol–water partition coefficient (Wildman–Crippen LogP) is 0.626. The first-order chi connectivity index (χ1) is 6.30. The maximum Gasteiger partial charge on any atom is 0.212 e. The van der Waals surface area contributed by atoms with E-state index in [0.29, 0.717) is 6.42 Å². The van der Waals surface area contributed by atoms with E-state index in [-0.39, 0.29) is 16.7 Å². The Morgan fingerprint density at radius 2 is 2.00 bits per heavy atom. The van der Waals surface area contributed by atoms with Gasteiger partial charge in [0.2, 0.25) is 10.0 Å². The van der Waals surface area contributed by atoms with Crippen LogP contribution in [-0.4, -0.2) is 25.2 Å². The van der Waals surface area contributed by atoms with Crippen molar-refractivity contribution in [1.82, 2.24) is 4.72 Å². The highest BCUT2D eigenvalue weighted by molar-refractivity contribution is 7.89. The first kappa shape index (κ1) is 13.8. The fourth-order valence-corrected chi connectivity index (χ4v) is 2.89. The molecule has 0 spiro atoms. The normalized spacial score (nSPS) is 14.3. The van der Waals surface area contributed by atoms with Crippen LogP contribution in [0.25, 0.3) is 0 Å². The first-order valence-electron chi connectivity index (χ1n) is 4.59. The minimum atomic E-state index is -3.24. The molecular weight excluding hydrogens is 220 g/mol. The molecule has 1 atom stereocenters. The fourth-order valence-electron chi connectivity index (χ4n) is 1.04. The highest BCUT2D eigenvalue weighted by atomic mass is 32.2. The van der Waals surface area contributed by atoms with Gasteiger partial charge >= 0.3 is 0 Å². The third-order valence-electron chi connectivity index (χ3n) is 1.75. The summed E-state index contributed by atoms with van der Waals surface area (Å²) in [6.07, 6.45) is 0.581. The molecule has 0 radical (unpaired) electrons. The van der Waals surface area contributed by atoms with Gasteiger partial charge in [-0.15, -0.1) is 0 Å². The van der Waals surface area contributed by atoms with Gasteiger partial charge in [-0.3, -0.25) is 0 Å². The lowest BCUT2D eigenvalue weighted by atomic mass is 10.1. The number of rotatable bonds is 6. The zero-order valence-corrected chi connectivity index (χ0v) is 10.4. The first-order valence-corrected chi connectivity index (χ1v) is 6.65. The standard InChI is InChI=1S/C8H18N2O2S2/c1-4-5-14(11,12)10-7(6(2)3)8(9)13/h6-7,10H,4-5H2,1-3H3,(H2,9,13). The number of nitrogens with two attached hydrogens (primary N) is 1. The molecule has 0 aliphatic carbocycles. The van der Waals surface area contributed by atoms with Gasteiger partial charge in [0.05, 0.1) is 16.8 Å². The highest BCUT2D eigenvalue weighted by Crippen LogP contribution is 2.04. The van der Waals surface area contributed by atoms with Crippen LogP contribution in [0.2, 0.25) is 0 Å². The molecule has 0 heterocycles. The summed E-state index contributed by atoms with van der Waals surface area (Å²) in [6.45, 7) is 5.56. The smallest absolute Gasteiger partial charge is 0.212 e. The summed E-state index contributed by atoms with van der Waals surface area (Å²) in [5, 5.41) is 0. The largest absolute Gasteiger partial charge is 0.392 e. The molecule has 4 nitrogen and oxygen atoms in total. The molecular formula is C8H18N2O2S2. The number of hydrogen-bond acceptors (Lipinski definition) is 3. The quantitative estimate of drug-likeness (QED) is 0.666. The van der Waals surface area contributed by atoms with Gasteiger partial charge in [-0.1, -0.05) is 33.0 Å². The molecule has 0 bridgehead atoms. The SMILES string of the molecule is CCCS(=O)(=O)NC(C(N)=S)C(C)C. The van der Waals surface area contributed by atoms with Crippen LogP contribution in [0.1, 0.15) is 27.2 Å². The highest BCUT2D eigenvalue weighted by Gasteiger charge is 2.22. The lowest BCUT2D eigenvalue weighted by Gasteiger charge is -2.20. The van der Waals surface area contributed by atoms with Crippen molar-refractivity contribution in [3.63, 3.8) is 0 Å². The molecule has 0 fully saturated rings. The summed E-state index contributed by atoms with van der Waals surface area (Å²) >= 11 is 4.80. The van der Waals surface area contributed by atoms with Gasteiger partial charge in [-0.05, 0) is 12.3 Å². The molecule has 0 aliphatic rings. The fraction of sp³-hybridized carbons (Fsp3) is 0.875. The van der Waals surface area contributed by atoms with E-state index < -0.39 is 16.1 Å². The third-order valence-corrected chi connectivity index (χ3v) is 3.57. The molecule has 0 saturated heterocycles. The number of sulfonamides is 1. The molecule has 6 heteroatoms. The topological polar surface area (TPSA) is 72.2 Å². The molecule has 0 aromatic rings. The van der Waals surface area contributed by atoms with Crippen molar-refractivity contribution in [3.05, 3.63) is 0 Å². The van der Waals surface area contributed by atoms with Crippen molar-refractivity contribution in [2.75, 3.05) is 5.75 Å². The van der Waals surface area contributed by atoms with E-state index in [0.717, 1.165) is 0 Å². The molecule has 0 aliphatic heterocycles. The monoisotopic (exact) mass is 238 g/mol. The lowest BCUT2D eigenvalue weighted by molar-refractivity contribution is 0.526. The van der Waals surface area contributed by atoms with E-state index in [9.17, 15) is 8.42 Å². The summed E-state index contributed by atoms with van der Waals surface area (Å²) in [7, 11) is -3.24. The summed E-state index contributed by atoms with van der Waals surface area (Å²) in [6, 6.07) is -0.443. The molecule has 14 heavy (non-hydrogen) atoms. The average molecular weight is 238 g/mol. The van der Waals surface area contributed by atoms with Crippen LogP contribution in [-0.2, 0) is 10.0 Å². The van der Waals surface area contributed by atoms with E-state index in [1.807, 2.05) is 20.8 Å². The van der Waals surface area contributed by atoms with Crippen LogP contribution in [0.5, 0.6) is 0 Å². The van der Waals surface area contributed by atoms with Crippen LogP contribution in [0.15, 0.2) is 0 Å². The Balaban J connectivity index is 4.53. The van der Waals surface area contributed by atoms with Crippen molar-refractivity contribution in [2.24, 2.45) is 11.7 Å². The van der Waals surface area contributed by atoms with Crippen molar-refractivity contribution < 1.29 is 8.42 Å². The average Bonchev–Trinajstić information content (AvgIpc) is 1.99. The number of thiocarbonyl (C=S) groups is 1. The molecule has 0 rings (SSSR count). The van der Waals surface area contributed by atoms with Crippen molar-refractivity contribution in [2.45, 2.75) is 33.2 Å². The van der Waals surface area contributed by atoms with E-state index in [1.165, 1.54) is 0 Å². The Bertz CT molecular complexity index is 286. The van der Waals surface area contributed by atoms with Crippen LogP contribution in [0.3, 0.4) is 0 Å². The van der Waals surface area contributed by atoms with Gasteiger partial charge in [0.25, 0.3) is 0 Å². The van der Waals surface area contributed by atoms with E-state index in [4.69, 9.17) is 18.0 Å². The second-order valence-electron chi connectivity index (χ2n) is 3.56. The summed E-state index contributed by atoms with van der Waals surface area (Å²) in [5.41, 5.74) is 5.45. The van der Waals surface area contributed by atoms with E-state index in [1.54, 1.807) is 0 Å².